The van der Waals surface area contributed by atoms with Gasteiger partial charge in [0.2, 0.25) is 11.2 Å². The lowest BCUT2D eigenvalue weighted by atomic mass is 10.0. The highest BCUT2D eigenvalue weighted by atomic mass is 35.5. The SMILES string of the molecule is COc1cc(OC/C=C/C(=O)Cl)c(Cl)c(-c2ccc3nc(N[C@@H]4[C@H]5C[C@H]5C[C@@H]4N)ncc3c2)c1Cl. The number of halogens is 3. The quantitative estimate of drug-likeness (QED) is 0.293. The monoisotopic (exact) mass is 532 g/mol. The Morgan fingerprint density at radius 2 is 2.03 bits per heavy atom. The summed E-state index contributed by atoms with van der Waals surface area (Å²) >= 11 is 18.6. The number of aromatic nitrogens is 2. The summed E-state index contributed by atoms with van der Waals surface area (Å²) in [5.74, 6) is 2.72. The van der Waals surface area contributed by atoms with E-state index >= 15 is 0 Å². The summed E-state index contributed by atoms with van der Waals surface area (Å²) in [5, 5.41) is 4.34. The lowest BCUT2D eigenvalue weighted by Gasteiger charge is -2.20. The summed E-state index contributed by atoms with van der Waals surface area (Å²) in [6, 6.07) is 7.67. The summed E-state index contributed by atoms with van der Waals surface area (Å²) < 4.78 is 11.2. The van der Waals surface area contributed by atoms with Gasteiger partial charge in [-0.2, -0.15) is 0 Å². The highest BCUT2D eigenvalue weighted by Gasteiger charge is 2.52. The van der Waals surface area contributed by atoms with Crippen LogP contribution in [0.3, 0.4) is 0 Å². The van der Waals surface area contributed by atoms with E-state index in [1.807, 2.05) is 18.2 Å². The van der Waals surface area contributed by atoms with Crippen molar-refractivity contribution in [3.05, 3.63) is 52.7 Å². The molecule has 0 aliphatic heterocycles. The number of nitrogens with two attached hydrogens (primary N) is 1. The van der Waals surface area contributed by atoms with Gasteiger partial charge in [0.15, 0.2) is 0 Å². The van der Waals surface area contributed by atoms with E-state index in [1.165, 1.54) is 25.7 Å². The van der Waals surface area contributed by atoms with Crippen LogP contribution >= 0.6 is 34.8 Å². The van der Waals surface area contributed by atoms with Gasteiger partial charge in [-0.1, -0.05) is 29.3 Å². The van der Waals surface area contributed by atoms with Crippen molar-refractivity contribution in [1.82, 2.24) is 9.97 Å². The summed E-state index contributed by atoms with van der Waals surface area (Å²) in [4.78, 5) is 20.1. The van der Waals surface area contributed by atoms with Crippen LogP contribution in [0.15, 0.2) is 42.6 Å². The molecule has 10 heteroatoms. The summed E-state index contributed by atoms with van der Waals surface area (Å²) in [6.45, 7) is 0.0933. The molecule has 35 heavy (non-hydrogen) atoms. The number of hydrogen-bond donors (Lipinski definition) is 2. The van der Waals surface area contributed by atoms with Crippen molar-refractivity contribution in [2.45, 2.75) is 24.9 Å². The molecule has 0 saturated heterocycles. The molecule has 2 saturated carbocycles. The fourth-order valence-electron chi connectivity index (χ4n) is 4.79. The minimum Gasteiger partial charge on any atom is -0.495 e. The topological polar surface area (TPSA) is 99.4 Å². The van der Waals surface area contributed by atoms with Crippen LogP contribution in [-0.2, 0) is 4.79 Å². The zero-order chi connectivity index (χ0) is 24.7. The first-order chi connectivity index (χ1) is 16.9. The third-order valence-corrected chi connectivity index (χ3v) is 7.45. The van der Waals surface area contributed by atoms with E-state index in [1.54, 1.807) is 12.3 Å². The Labute approximate surface area is 217 Å². The van der Waals surface area contributed by atoms with Gasteiger partial charge in [0.1, 0.15) is 18.1 Å². The fraction of sp³-hybridized carbons (Fsp3) is 0.320. The molecule has 4 atom stereocenters. The molecule has 3 aromatic rings. The van der Waals surface area contributed by atoms with Gasteiger partial charge in [0, 0.05) is 35.3 Å². The molecule has 182 valence electrons. The maximum absolute atomic E-state index is 10.9. The van der Waals surface area contributed by atoms with Crippen LogP contribution in [0.4, 0.5) is 5.95 Å². The molecule has 7 nitrogen and oxygen atoms in total. The second kappa shape index (κ2) is 9.82. The molecule has 2 aromatic carbocycles. The molecule has 0 amide bonds. The molecule has 5 rings (SSSR count). The zero-order valence-electron chi connectivity index (χ0n) is 18.8. The molecule has 0 radical (unpaired) electrons. The number of allylic oxidation sites excluding steroid dienone is 1. The highest BCUT2D eigenvalue weighted by Crippen LogP contribution is 2.52. The first-order valence-corrected chi connectivity index (χ1v) is 12.3. The van der Waals surface area contributed by atoms with Crippen molar-refractivity contribution in [3.8, 4) is 22.6 Å². The van der Waals surface area contributed by atoms with Crippen molar-refractivity contribution < 1.29 is 14.3 Å². The van der Waals surface area contributed by atoms with Crippen molar-refractivity contribution in [3.63, 3.8) is 0 Å². The molecular formula is C25H23Cl3N4O3. The number of carbonyl (C=O) groups is 1. The second-order valence-electron chi connectivity index (χ2n) is 8.79. The lowest BCUT2D eigenvalue weighted by Crippen LogP contribution is -2.38. The Bertz CT molecular complexity index is 1330. The van der Waals surface area contributed by atoms with Crippen LogP contribution in [-0.4, -0.2) is 41.0 Å². The van der Waals surface area contributed by atoms with Crippen LogP contribution in [0, 0.1) is 11.8 Å². The van der Waals surface area contributed by atoms with E-state index in [2.05, 4.69) is 15.3 Å². The fourth-order valence-corrected chi connectivity index (χ4v) is 5.58. The van der Waals surface area contributed by atoms with Crippen LogP contribution < -0.4 is 20.5 Å². The van der Waals surface area contributed by atoms with Gasteiger partial charge in [0.25, 0.3) is 0 Å². The van der Waals surface area contributed by atoms with E-state index in [-0.39, 0.29) is 18.7 Å². The summed E-state index contributed by atoms with van der Waals surface area (Å²) in [5.41, 5.74) is 8.37. The van der Waals surface area contributed by atoms with Gasteiger partial charge in [-0.15, -0.1) is 0 Å². The van der Waals surface area contributed by atoms with E-state index in [4.69, 9.17) is 50.0 Å². The molecule has 0 bridgehead atoms. The van der Waals surface area contributed by atoms with E-state index < -0.39 is 5.24 Å². The maximum atomic E-state index is 10.9. The number of fused-ring (bicyclic) bond motifs is 2. The Hall–Kier alpha value is -2.58. The number of nitrogens with one attached hydrogen (secondary N) is 1. The molecular weight excluding hydrogens is 511 g/mol. The van der Waals surface area contributed by atoms with E-state index in [0.29, 0.717) is 39.0 Å². The molecule has 0 spiro atoms. The van der Waals surface area contributed by atoms with Crippen LogP contribution in [0.5, 0.6) is 11.5 Å². The van der Waals surface area contributed by atoms with Gasteiger partial charge >= 0.3 is 0 Å². The third kappa shape index (κ3) is 4.91. The Balaban J connectivity index is 1.44. The number of ether oxygens (including phenoxy) is 2. The average Bonchev–Trinajstić information content (AvgIpc) is 3.52. The van der Waals surface area contributed by atoms with Crippen LogP contribution in [0.25, 0.3) is 22.0 Å². The first kappa shape index (κ1) is 24.1. The van der Waals surface area contributed by atoms with Crippen LogP contribution in [0.2, 0.25) is 10.0 Å². The van der Waals surface area contributed by atoms with Crippen molar-refractivity contribution >= 4 is 56.9 Å². The first-order valence-electron chi connectivity index (χ1n) is 11.2. The van der Waals surface area contributed by atoms with Gasteiger partial charge in [-0.25, -0.2) is 9.97 Å². The minimum absolute atomic E-state index is 0.0933. The second-order valence-corrected chi connectivity index (χ2v) is 9.92. The predicted molar refractivity (Wildman–Crippen MR) is 139 cm³/mol. The molecule has 1 aromatic heterocycles. The van der Waals surface area contributed by atoms with Crippen LogP contribution in [0.1, 0.15) is 12.8 Å². The Morgan fingerprint density at radius 1 is 1.23 bits per heavy atom. The van der Waals surface area contributed by atoms with Crippen molar-refractivity contribution in [1.29, 1.82) is 0 Å². The standard InChI is InChI=1S/C25H23Cl3N4O3/c1-34-18-10-19(35-6-2-3-20(26)33)23(28)21(22(18)27)12-4-5-17-14(7-12)11-30-25(31-17)32-24-15-8-13(15)9-16(24)29/h2-5,7,10-11,13,15-16,24H,6,8-9,29H2,1H3,(H,30,31,32)/b3-2+/t13-,15-,16-,24+/m0/s1. The number of hydrogen-bond acceptors (Lipinski definition) is 7. The van der Waals surface area contributed by atoms with Gasteiger partial charge in [-0.3, -0.25) is 4.79 Å². The third-order valence-electron chi connectivity index (χ3n) is 6.58. The zero-order valence-corrected chi connectivity index (χ0v) is 21.1. The molecule has 2 fully saturated rings. The number of nitrogens with zero attached hydrogens (tertiary/aromatic N) is 2. The summed E-state index contributed by atoms with van der Waals surface area (Å²) in [6.07, 6.45) is 6.77. The average molecular weight is 534 g/mol. The number of methoxy groups -OCH3 is 1. The smallest absolute Gasteiger partial charge is 0.244 e. The molecule has 1 heterocycles. The molecule has 0 unspecified atom stereocenters. The number of carbonyl (C=O) groups excluding carboxylic acids is 1. The van der Waals surface area contributed by atoms with Crippen molar-refractivity contribution in [2.75, 3.05) is 19.0 Å². The van der Waals surface area contributed by atoms with Gasteiger partial charge < -0.3 is 20.5 Å². The Morgan fingerprint density at radius 3 is 2.74 bits per heavy atom. The molecule has 3 N–H and O–H groups in total. The van der Waals surface area contributed by atoms with Crippen molar-refractivity contribution in [2.24, 2.45) is 17.6 Å². The number of benzene rings is 2. The Kier molecular flexibility index (Phi) is 6.77. The van der Waals surface area contributed by atoms with Gasteiger partial charge in [-0.05, 0) is 66.1 Å². The van der Waals surface area contributed by atoms with E-state index in [9.17, 15) is 4.79 Å². The number of rotatable bonds is 8. The summed E-state index contributed by atoms with van der Waals surface area (Å²) in [7, 11) is 1.51. The maximum Gasteiger partial charge on any atom is 0.244 e. The minimum atomic E-state index is -0.589. The lowest BCUT2D eigenvalue weighted by molar-refractivity contribution is -0.107. The predicted octanol–water partition coefficient (Wildman–Crippen LogP) is 5.46. The molecule has 2 aliphatic carbocycles. The van der Waals surface area contributed by atoms with Gasteiger partial charge in [0.05, 0.1) is 22.7 Å². The largest absolute Gasteiger partial charge is 0.495 e. The normalized spacial score (nSPS) is 22.9. The molecule has 2 aliphatic rings. The van der Waals surface area contributed by atoms with E-state index in [0.717, 1.165) is 28.8 Å². The number of anilines is 1. The highest BCUT2D eigenvalue weighted by molar-refractivity contribution is 6.66.